The molecule has 6 heteroatoms. The highest BCUT2D eigenvalue weighted by Gasteiger charge is 2.33. The summed E-state index contributed by atoms with van der Waals surface area (Å²) in [6.07, 6.45) is 6.37. The van der Waals surface area contributed by atoms with E-state index in [1.54, 1.807) is 6.08 Å². The summed E-state index contributed by atoms with van der Waals surface area (Å²) in [5, 5.41) is 0. The lowest BCUT2D eigenvalue weighted by Crippen LogP contribution is -2.36. The van der Waals surface area contributed by atoms with Gasteiger partial charge in [0.05, 0.1) is 18.8 Å². The summed E-state index contributed by atoms with van der Waals surface area (Å²) < 4.78 is 16.0. The number of carbonyl (C=O) groups excluding carboxylic acids is 2. The van der Waals surface area contributed by atoms with Gasteiger partial charge in [-0.15, -0.1) is 0 Å². The first-order valence-electron chi connectivity index (χ1n) is 8.96. The Hall–Kier alpha value is -1.98. The van der Waals surface area contributed by atoms with Gasteiger partial charge in [0.15, 0.2) is 5.88 Å². The first-order valence-corrected chi connectivity index (χ1v) is 8.96. The number of allylic oxidation sites excluding steroid dienone is 2. The van der Waals surface area contributed by atoms with E-state index >= 15 is 0 Å². The zero-order chi connectivity index (χ0) is 18.9. The van der Waals surface area contributed by atoms with Crippen LogP contribution < -0.4 is 0 Å². The summed E-state index contributed by atoms with van der Waals surface area (Å²) >= 11 is 0. The van der Waals surface area contributed by atoms with Crippen molar-refractivity contribution in [1.29, 1.82) is 0 Å². The molecule has 0 aromatic heterocycles. The second kappa shape index (κ2) is 10.1. The van der Waals surface area contributed by atoms with E-state index in [1.165, 1.54) is 6.08 Å². The van der Waals surface area contributed by atoms with Gasteiger partial charge in [0.25, 0.3) is 0 Å². The molecule has 0 bridgehead atoms. The molecule has 0 aromatic carbocycles. The number of nitrogens with zero attached hydrogens (tertiary/aromatic N) is 1. The topological polar surface area (TPSA) is 65.1 Å². The number of rotatable bonds is 9. The van der Waals surface area contributed by atoms with Gasteiger partial charge in [-0.3, -0.25) is 0 Å². The van der Waals surface area contributed by atoms with Gasteiger partial charge in [-0.05, 0) is 38.8 Å². The van der Waals surface area contributed by atoms with E-state index < -0.39 is 11.9 Å². The van der Waals surface area contributed by atoms with Gasteiger partial charge in [0.2, 0.25) is 0 Å². The van der Waals surface area contributed by atoms with Crippen LogP contribution in [0.4, 0.5) is 0 Å². The molecule has 1 aliphatic rings. The lowest BCUT2D eigenvalue weighted by atomic mass is 10.1. The van der Waals surface area contributed by atoms with E-state index in [0.717, 1.165) is 25.7 Å². The predicted octanol–water partition coefficient (Wildman–Crippen LogP) is 3.18. The minimum Gasteiger partial charge on any atom is -0.477 e. The second-order valence-electron chi connectivity index (χ2n) is 6.72. The van der Waals surface area contributed by atoms with Crippen molar-refractivity contribution in [3.63, 3.8) is 0 Å². The molecule has 0 atom stereocenters. The zero-order valence-corrected chi connectivity index (χ0v) is 16.1. The summed E-state index contributed by atoms with van der Waals surface area (Å²) in [7, 11) is 1.91. The van der Waals surface area contributed by atoms with Gasteiger partial charge in [-0.1, -0.05) is 26.7 Å². The maximum atomic E-state index is 12.2. The van der Waals surface area contributed by atoms with E-state index in [2.05, 4.69) is 13.8 Å². The Morgan fingerprint density at radius 1 is 1.12 bits per heavy atom. The number of carbonyl (C=O) groups is 2. The van der Waals surface area contributed by atoms with Crippen LogP contribution in [-0.4, -0.2) is 49.2 Å². The van der Waals surface area contributed by atoms with Crippen molar-refractivity contribution >= 4 is 11.9 Å². The van der Waals surface area contributed by atoms with Crippen molar-refractivity contribution in [3.05, 3.63) is 23.6 Å². The van der Waals surface area contributed by atoms with Crippen LogP contribution in [0.3, 0.4) is 0 Å². The first kappa shape index (κ1) is 21.1. The number of unbranched alkanes of at least 4 members (excludes halogenated alkanes) is 2. The van der Waals surface area contributed by atoms with Crippen LogP contribution in [0.2, 0.25) is 0 Å². The number of hydrogen-bond donors (Lipinski definition) is 0. The Balaban J connectivity index is 2.89. The fourth-order valence-corrected chi connectivity index (χ4v) is 2.05. The quantitative estimate of drug-likeness (QED) is 0.209. The van der Waals surface area contributed by atoms with Gasteiger partial charge >= 0.3 is 11.9 Å². The fourth-order valence-electron chi connectivity index (χ4n) is 2.05. The maximum Gasteiger partial charge on any atom is 0.345 e. The summed E-state index contributed by atoms with van der Waals surface area (Å²) in [5.74, 6) is -0.719. The maximum absolute atomic E-state index is 12.2. The zero-order valence-electron chi connectivity index (χ0n) is 16.1. The fraction of sp³-hybridized carbons (Fsp3) is 0.684. The molecule has 0 amide bonds. The van der Waals surface area contributed by atoms with Gasteiger partial charge < -0.3 is 19.1 Å². The third kappa shape index (κ3) is 6.44. The van der Waals surface area contributed by atoms with Crippen LogP contribution in [0, 0.1) is 0 Å². The van der Waals surface area contributed by atoms with Crippen LogP contribution in [0.25, 0.3) is 0 Å². The van der Waals surface area contributed by atoms with Crippen LogP contribution >= 0.6 is 0 Å². The van der Waals surface area contributed by atoms with Crippen molar-refractivity contribution in [1.82, 2.24) is 4.90 Å². The van der Waals surface area contributed by atoms with Crippen molar-refractivity contribution in [2.45, 2.75) is 58.9 Å². The molecule has 0 aliphatic carbocycles. The van der Waals surface area contributed by atoms with Gasteiger partial charge in [0, 0.05) is 7.05 Å². The highest BCUT2D eigenvalue weighted by atomic mass is 16.6. The molecule has 0 saturated carbocycles. The van der Waals surface area contributed by atoms with E-state index in [-0.39, 0.29) is 24.3 Å². The Kier molecular flexibility index (Phi) is 8.52. The Morgan fingerprint density at radius 2 is 1.64 bits per heavy atom. The summed E-state index contributed by atoms with van der Waals surface area (Å²) in [5.41, 5.74) is -0.246. The second-order valence-corrected chi connectivity index (χ2v) is 6.72. The van der Waals surface area contributed by atoms with E-state index in [9.17, 15) is 9.59 Å². The van der Waals surface area contributed by atoms with Crippen LogP contribution in [0.1, 0.15) is 53.4 Å². The Morgan fingerprint density at radius 3 is 2.04 bits per heavy atom. The van der Waals surface area contributed by atoms with E-state index in [0.29, 0.717) is 12.5 Å². The molecule has 0 unspecified atom stereocenters. The molecule has 25 heavy (non-hydrogen) atoms. The molecule has 1 saturated heterocycles. The molecule has 0 spiro atoms. The number of esters is 2. The average Bonchev–Trinajstić information content (AvgIpc) is 2.82. The van der Waals surface area contributed by atoms with Crippen LogP contribution in [0.5, 0.6) is 0 Å². The van der Waals surface area contributed by atoms with Gasteiger partial charge in [-0.2, -0.15) is 0 Å². The van der Waals surface area contributed by atoms with Gasteiger partial charge in [-0.25, -0.2) is 9.59 Å². The molecule has 0 N–H and O–H groups in total. The molecule has 1 fully saturated rings. The summed E-state index contributed by atoms with van der Waals surface area (Å²) in [6.45, 7) is 9.23. The molecule has 1 aliphatic heterocycles. The first-order chi connectivity index (χ1) is 11.8. The molecule has 1 rings (SSSR count). The normalized spacial score (nSPS) is 17.2. The van der Waals surface area contributed by atoms with Crippen LogP contribution in [0.15, 0.2) is 23.6 Å². The van der Waals surface area contributed by atoms with Crippen molar-refractivity contribution < 1.29 is 23.8 Å². The number of hydrogen-bond acceptors (Lipinski definition) is 6. The third-order valence-electron chi connectivity index (χ3n) is 4.11. The minimum atomic E-state index is -0.660. The van der Waals surface area contributed by atoms with Gasteiger partial charge in [0.1, 0.15) is 12.2 Å². The highest BCUT2D eigenvalue weighted by molar-refractivity contribution is 6.14. The molecule has 0 aromatic rings. The number of ether oxygens (including phenoxy) is 3. The number of likely N-dealkylation sites (N-methyl/N-ethyl adjacent to an activating group) is 1. The van der Waals surface area contributed by atoms with Crippen LogP contribution in [-0.2, 0) is 23.8 Å². The van der Waals surface area contributed by atoms with E-state index in [1.807, 2.05) is 25.8 Å². The minimum absolute atomic E-state index is 0.110. The lowest BCUT2D eigenvalue weighted by Gasteiger charge is -2.25. The Labute approximate surface area is 150 Å². The summed E-state index contributed by atoms with van der Waals surface area (Å²) in [6, 6.07) is 0. The lowest BCUT2D eigenvalue weighted by molar-refractivity contribution is -0.147. The molecule has 142 valence electrons. The van der Waals surface area contributed by atoms with Crippen molar-refractivity contribution in [2.75, 3.05) is 26.9 Å². The smallest absolute Gasteiger partial charge is 0.345 e. The molecule has 6 nitrogen and oxygen atoms in total. The summed E-state index contributed by atoms with van der Waals surface area (Å²) in [4.78, 5) is 26.4. The monoisotopic (exact) mass is 353 g/mol. The Bertz CT molecular complexity index is 498. The van der Waals surface area contributed by atoms with Crippen molar-refractivity contribution in [2.24, 2.45) is 0 Å². The molecule has 0 radical (unpaired) electrons. The SMILES string of the molecule is CCCCOC(=O)C(=CC=C1OCC(C)(C)N1C)C(=O)OCCCC. The largest absolute Gasteiger partial charge is 0.477 e. The van der Waals surface area contributed by atoms with Crippen molar-refractivity contribution in [3.8, 4) is 0 Å². The molecular weight excluding hydrogens is 322 g/mol. The third-order valence-corrected chi connectivity index (χ3v) is 4.11. The molecule has 1 heterocycles. The molecular formula is C19H31NO5. The van der Waals surface area contributed by atoms with E-state index in [4.69, 9.17) is 14.2 Å². The standard InChI is InChI=1S/C19H31NO5/c1-6-8-12-23-17(21)15(18(22)24-13-9-7-2)10-11-16-20(5)19(3,4)14-25-16/h10-11H,6-9,12-14H2,1-5H3. The average molecular weight is 353 g/mol. The predicted molar refractivity (Wildman–Crippen MR) is 95.7 cm³/mol. The highest BCUT2D eigenvalue weighted by Crippen LogP contribution is 2.27.